The van der Waals surface area contributed by atoms with Gasteiger partial charge in [-0.25, -0.2) is 9.78 Å². The fourth-order valence-electron chi connectivity index (χ4n) is 2.25. The van der Waals surface area contributed by atoms with Crippen molar-refractivity contribution in [3.63, 3.8) is 0 Å². The van der Waals surface area contributed by atoms with E-state index in [1.54, 1.807) is 29.3 Å². The van der Waals surface area contributed by atoms with Crippen LogP contribution in [0.15, 0.2) is 48.7 Å². The number of benzene rings is 1. The summed E-state index contributed by atoms with van der Waals surface area (Å²) in [7, 11) is 0. The first-order valence-corrected chi connectivity index (χ1v) is 7.11. The molecule has 0 unspecified atom stereocenters. The summed E-state index contributed by atoms with van der Waals surface area (Å²) < 4.78 is 5.31. The number of hydrogen-bond donors (Lipinski definition) is 0. The molecule has 1 aliphatic rings. The molecule has 1 saturated heterocycles. The molecule has 5 nitrogen and oxygen atoms in total. The lowest BCUT2D eigenvalue weighted by molar-refractivity contribution is -0.0238. The van der Waals surface area contributed by atoms with E-state index in [2.05, 4.69) is 4.98 Å². The first kappa shape index (κ1) is 14.3. The molecule has 0 spiro atoms. The van der Waals surface area contributed by atoms with E-state index in [0.29, 0.717) is 18.7 Å². The van der Waals surface area contributed by atoms with Crippen LogP contribution in [0.5, 0.6) is 0 Å². The highest BCUT2D eigenvalue weighted by molar-refractivity contribution is 5.95. The monoisotopic (exact) mass is 298 g/mol. The zero-order valence-electron chi connectivity index (χ0n) is 12.2. The predicted octanol–water partition coefficient (Wildman–Crippen LogP) is 2.32. The summed E-state index contributed by atoms with van der Waals surface area (Å²) in [5.74, 6) is -0.488. The maximum Gasteiger partial charge on any atom is 0.357 e. The van der Waals surface area contributed by atoms with Gasteiger partial charge in [0.1, 0.15) is 11.8 Å². The Morgan fingerprint density at radius 3 is 2.55 bits per heavy atom. The van der Waals surface area contributed by atoms with Gasteiger partial charge in [0.2, 0.25) is 0 Å². The maximum atomic E-state index is 12.2. The van der Waals surface area contributed by atoms with Gasteiger partial charge in [-0.05, 0) is 31.2 Å². The van der Waals surface area contributed by atoms with E-state index in [-0.39, 0.29) is 19.1 Å². The van der Waals surface area contributed by atoms with Crippen LogP contribution >= 0.6 is 0 Å². The molecular formula is C17H18N2O3. The Hall–Kier alpha value is -2.69. The lowest BCUT2D eigenvalue weighted by atomic mass is 10.1. The van der Waals surface area contributed by atoms with Crippen LogP contribution in [0, 0.1) is 6.92 Å². The Labute approximate surface area is 130 Å². The number of carbonyl (C=O) groups excluding carboxylic acids is 2. The smallest absolute Gasteiger partial charge is 0.357 e. The number of aromatic nitrogens is 1. The second-order valence-electron chi connectivity index (χ2n) is 5.32. The standard InChI is InChI=1S/C17H16N2O3.H2/c1-12-5-7-13(8-6-12)16(20)19-10-14(11-19)22-17(21)15-4-2-3-9-18-15;/h2-9,14H,10-11H2,1H3;1H. The summed E-state index contributed by atoms with van der Waals surface area (Å²) in [5.41, 5.74) is 2.05. The highest BCUT2D eigenvalue weighted by Gasteiger charge is 2.34. The number of aryl methyl sites for hydroxylation is 1. The molecule has 0 N–H and O–H groups in total. The lowest BCUT2D eigenvalue weighted by Gasteiger charge is -2.38. The Kier molecular flexibility index (Phi) is 3.87. The Morgan fingerprint density at radius 2 is 1.91 bits per heavy atom. The molecule has 22 heavy (non-hydrogen) atoms. The average molecular weight is 298 g/mol. The van der Waals surface area contributed by atoms with Gasteiger partial charge in [-0.2, -0.15) is 0 Å². The molecule has 1 amide bonds. The van der Waals surface area contributed by atoms with Crippen molar-refractivity contribution in [2.24, 2.45) is 0 Å². The van der Waals surface area contributed by atoms with Crippen LogP contribution in [0.2, 0.25) is 0 Å². The molecule has 1 fully saturated rings. The van der Waals surface area contributed by atoms with Gasteiger partial charge in [0, 0.05) is 13.2 Å². The number of hydrogen-bond acceptors (Lipinski definition) is 4. The van der Waals surface area contributed by atoms with Gasteiger partial charge in [0.15, 0.2) is 0 Å². The van der Waals surface area contributed by atoms with Crippen LogP contribution < -0.4 is 0 Å². The summed E-state index contributed by atoms with van der Waals surface area (Å²) in [6.07, 6.45) is 1.29. The summed E-state index contributed by atoms with van der Waals surface area (Å²) in [6, 6.07) is 12.5. The molecule has 1 aromatic heterocycles. The van der Waals surface area contributed by atoms with Crippen LogP contribution in [-0.2, 0) is 4.74 Å². The molecule has 2 aromatic rings. The SMILES string of the molecule is Cc1ccc(C(=O)N2CC(OC(=O)c3ccccn3)C2)cc1.[HH]. The molecule has 0 saturated carbocycles. The number of likely N-dealkylation sites (tertiary alicyclic amines) is 1. The molecule has 0 bridgehead atoms. The number of amides is 1. The predicted molar refractivity (Wildman–Crippen MR) is 82.6 cm³/mol. The summed E-state index contributed by atoms with van der Waals surface area (Å²) in [5, 5.41) is 0. The van der Waals surface area contributed by atoms with E-state index >= 15 is 0 Å². The zero-order valence-corrected chi connectivity index (χ0v) is 12.2. The minimum Gasteiger partial charge on any atom is -0.454 e. The van der Waals surface area contributed by atoms with Crippen LogP contribution in [-0.4, -0.2) is 41.0 Å². The van der Waals surface area contributed by atoms with Gasteiger partial charge >= 0.3 is 5.97 Å². The van der Waals surface area contributed by atoms with E-state index in [1.165, 1.54) is 0 Å². The third kappa shape index (κ3) is 2.98. The summed E-state index contributed by atoms with van der Waals surface area (Å²) in [6.45, 7) is 2.82. The normalized spacial score (nSPS) is 14.3. The summed E-state index contributed by atoms with van der Waals surface area (Å²) >= 11 is 0. The number of ether oxygens (including phenoxy) is 1. The maximum absolute atomic E-state index is 12.2. The molecule has 0 aliphatic carbocycles. The molecule has 0 atom stereocenters. The molecule has 1 aliphatic heterocycles. The van der Waals surface area contributed by atoms with Gasteiger partial charge in [-0.15, -0.1) is 0 Å². The molecule has 2 heterocycles. The van der Waals surface area contributed by atoms with Crippen LogP contribution in [0.3, 0.4) is 0 Å². The van der Waals surface area contributed by atoms with Gasteiger partial charge in [-0.1, -0.05) is 23.8 Å². The first-order chi connectivity index (χ1) is 10.6. The van der Waals surface area contributed by atoms with Gasteiger partial charge in [0.05, 0.1) is 13.1 Å². The number of carbonyl (C=O) groups is 2. The van der Waals surface area contributed by atoms with Gasteiger partial charge < -0.3 is 9.64 Å². The van der Waals surface area contributed by atoms with E-state index in [4.69, 9.17) is 4.74 Å². The van der Waals surface area contributed by atoms with Crippen molar-refractivity contribution in [1.82, 2.24) is 9.88 Å². The molecule has 5 heteroatoms. The van der Waals surface area contributed by atoms with Crippen LogP contribution in [0.1, 0.15) is 27.8 Å². The van der Waals surface area contributed by atoms with E-state index < -0.39 is 5.97 Å². The van der Waals surface area contributed by atoms with E-state index in [1.807, 2.05) is 31.2 Å². The molecule has 114 valence electrons. The third-order valence-electron chi connectivity index (χ3n) is 3.58. The third-order valence-corrected chi connectivity index (χ3v) is 3.58. The van der Waals surface area contributed by atoms with Crippen molar-refractivity contribution in [1.29, 1.82) is 0 Å². The van der Waals surface area contributed by atoms with Crippen LogP contribution in [0.25, 0.3) is 0 Å². The fourth-order valence-corrected chi connectivity index (χ4v) is 2.25. The average Bonchev–Trinajstić information content (AvgIpc) is 2.51. The lowest BCUT2D eigenvalue weighted by Crippen LogP contribution is -2.55. The quantitative estimate of drug-likeness (QED) is 0.816. The number of pyridine rings is 1. The minimum absolute atomic E-state index is 0. The van der Waals surface area contributed by atoms with Crippen molar-refractivity contribution in [2.75, 3.05) is 13.1 Å². The van der Waals surface area contributed by atoms with Crippen LogP contribution in [0.4, 0.5) is 0 Å². The largest absolute Gasteiger partial charge is 0.454 e. The molecule has 1 aromatic carbocycles. The molecular weight excluding hydrogens is 280 g/mol. The van der Waals surface area contributed by atoms with E-state index in [9.17, 15) is 9.59 Å². The molecule has 3 rings (SSSR count). The Morgan fingerprint density at radius 1 is 1.18 bits per heavy atom. The van der Waals surface area contributed by atoms with Crippen molar-refractivity contribution >= 4 is 11.9 Å². The fraction of sp³-hybridized carbons (Fsp3) is 0.235. The Balaban J connectivity index is 0.00000192. The van der Waals surface area contributed by atoms with E-state index in [0.717, 1.165) is 5.56 Å². The number of rotatable bonds is 3. The topological polar surface area (TPSA) is 59.5 Å². The van der Waals surface area contributed by atoms with Crippen molar-refractivity contribution in [2.45, 2.75) is 13.0 Å². The highest BCUT2D eigenvalue weighted by atomic mass is 16.5. The second kappa shape index (κ2) is 5.97. The zero-order chi connectivity index (χ0) is 15.5. The van der Waals surface area contributed by atoms with Crippen molar-refractivity contribution in [3.8, 4) is 0 Å². The number of nitrogens with zero attached hydrogens (tertiary/aromatic N) is 2. The highest BCUT2D eigenvalue weighted by Crippen LogP contribution is 2.17. The number of esters is 1. The van der Waals surface area contributed by atoms with Crippen molar-refractivity contribution < 1.29 is 15.8 Å². The minimum atomic E-state index is -0.451. The second-order valence-corrected chi connectivity index (χ2v) is 5.32. The summed E-state index contributed by atoms with van der Waals surface area (Å²) in [4.78, 5) is 29.7. The first-order valence-electron chi connectivity index (χ1n) is 7.11. The van der Waals surface area contributed by atoms with Gasteiger partial charge in [0.25, 0.3) is 5.91 Å². The van der Waals surface area contributed by atoms with Gasteiger partial charge in [-0.3, -0.25) is 4.79 Å². The molecule has 0 radical (unpaired) electrons. The Bertz CT molecular complexity index is 683. The van der Waals surface area contributed by atoms with Crippen molar-refractivity contribution in [3.05, 3.63) is 65.5 Å².